The van der Waals surface area contributed by atoms with Crippen LogP contribution in [-0.2, 0) is 23.0 Å². The number of piperazine rings is 1. The molecule has 0 spiro atoms. The van der Waals surface area contributed by atoms with Crippen molar-refractivity contribution in [1.82, 2.24) is 9.21 Å². The van der Waals surface area contributed by atoms with Crippen molar-refractivity contribution in [1.29, 1.82) is 0 Å². The number of benzene rings is 2. The Balaban J connectivity index is 1.60. The second-order valence-corrected chi connectivity index (χ2v) is 9.95. The van der Waals surface area contributed by atoms with E-state index in [1.807, 2.05) is 24.3 Å². The highest BCUT2D eigenvalue weighted by molar-refractivity contribution is 7.89. The first-order valence-electron chi connectivity index (χ1n) is 9.65. The molecule has 1 aliphatic rings. The van der Waals surface area contributed by atoms with Gasteiger partial charge in [-0.15, -0.1) is 0 Å². The van der Waals surface area contributed by atoms with Crippen LogP contribution in [0.4, 0.5) is 0 Å². The lowest BCUT2D eigenvalue weighted by atomic mass is 10.1. The molecule has 0 unspecified atom stereocenters. The molecule has 2 aromatic carbocycles. The molecule has 0 aromatic heterocycles. The zero-order valence-corrected chi connectivity index (χ0v) is 18.4. The Morgan fingerprint density at radius 2 is 1.64 bits per heavy atom. The Labute approximate surface area is 178 Å². The van der Waals surface area contributed by atoms with Crippen LogP contribution >= 0.6 is 23.2 Å². The van der Waals surface area contributed by atoms with Crippen LogP contribution in [0.2, 0.25) is 10.0 Å². The van der Waals surface area contributed by atoms with Crippen LogP contribution in [0.1, 0.15) is 30.9 Å². The molecular formula is C21H26Cl2N2O2S. The van der Waals surface area contributed by atoms with Crippen LogP contribution in [-0.4, -0.2) is 43.8 Å². The van der Waals surface area contributed by atoms with E-state index in [0.717, 1.165) is 24.8 Å². The summed E-state index contributed by atoms with van der Waals surface area (Å²) in [5.41, 5.74) is 2.19. The molecule has 152 valence electrons. The number of sulfonamides is 1. The smallest absolute Gasteiger partial charge is 0.243 e. The summed E-state index contributed by atoms with van der Waals surface area (Å²) in [6, 6.07) is 12.8. The van der Waals surface area contributed by atoms with E-state index in [1.54, 1.807) is 22.5 Å². The third kappa shape index (κ3) is 5.28. The number of rotatable bonds is 7. The standard InChI is InChI=1S/C21H26Cl2N2O2S/c1-2-3-4-17-5-9-20(10-6-17)28(26,27)25-13-11-24(12-14-25)16-18-7-8-19(22)15-21(18)23/h5-10,15H,2-4,11-14,16H2,1H3. The first-order chi connectivity index (χ1) is 13.4. The van der Waals surface area contributed by atoms with Crippen LogP contribution in [0, 0.1) is 0 Å². The van der Waals surface area contributed by atoms with Crippen LogP contribution in [0.15, 0.2) is 47.4 Å². The molecule has 1 heterocycles. The Kier molecular flexibility index (Phi) is 7.40. The van der Waals surface area contributed by atoms with Gasteiger partial charge < -0.3 is 0 Å². The van der Waals surface area contributed by atoms with E-state index in [1.165, 1.54) is 5.56 Å². The lowest BCUT2D eigenvalue weighted by Crippen LogP contribution is -2.48. The molecule has 0 bridgehead atoms. The van der Waals surface area contributed by atoms with Crippen LogP contribution in [0.25, 0.3) is 0 Å². The molecule has 2 aromatic rings. The Morgan fingerprint density at radius 1 is 0.964 bits per heavy atom. The fourth-order valence-corrected chi connectivity index (χ4v) is 5.27. The van der Waals surface area contributed by atoms with Gasteiger partial charge >= 0.3 is 0 Å². The van der Waals surface area contributed by atoms with Gasteiger partial charge in [0, 0.05) is 42.8 Å². The van der Waals surface area contributed by atoms with Crippen molar-refractivity contribution < 1.29 is 8.42 Å². The van der Waals surface area contributed by atoms with Gasteiger partial charge in [-0.3, -0.25) is 4.90 Å². The molecule has 1 fully saturated rings. The van der Waals surface area contributed by atoms with Crippen molar-refractivity contribution in [3.63, 3.8) is 0 Å². The number of halogens is 2. The second-order valence-electron chi connectivity index (χ2n) is 7.16. The zero-order chi connectivity index (χ0) is 20.1. The largest absolute Gasteiger partial charge is 0.296 e. The van der Waals surface area contributed by atoms with Gasteiger partial charge in [0.2, 0.25) is 10.0 Å². The molecule has 0 saturated carbocycles. The van der Waals surface area contributed by atoms with Crippen molar-refractivity contribution in [2.75, 3.05) is 26.2 Å². The molecule has 1 saturated heterocycles. The molecule has 3 rings (SSSR count). The molecule has 28 heavy (non-hydrogen) atoms. The molecule has 1 aliphatic heterocycles. The van der Waals surface area contributed by atoms with Crippen molar-refractivity contribution in [2.45, 2.75) is 37.6 Å². The van der Waals surface area contributed by atoms with E-state index < -0.39 is 10.0 Å². The van der Waals surface area contributed by atoms with Crippen LogP contribution in [0.3, 0.4) is 0 Å². The number of unbranched alkanes of at least 4 members (excludes halogenated alkanes) is 1. The summed E-state index contributed by atoms with van der Waals surface area (Å²) in [4.78, 5) is 2.59. The fourth-order valence-electron chi connectivity index (χ4n) is 3.38. The predicted octanol–water partition coefficient (Wildman–Crippen LogP) is 4.84. The summed E-state index contributed by atoms with van der Waals surface area (Å²) in [5, 5.41) is 1.26. The Morgan fingerprint density at radius 3 is 2.25 bits per heavy atom. The van der Waals surface area contributed by atoms with E-state index in [0.29, 0.717) is 47.7 Å². The van der Waals surface area contributed by atoms with Gasteiger partial charge in [-0.05, 0) is 48.2 Å². The SMILES string of the molecule is CCCCc1ccc(S(=O)(=O)N2CCN(Cc3ccc(Cl)cc3Cl)CC2)cc1. The highest BCUT2D eigenvalue weighted by atomic mass is 35.5. The first kappa shape index (κ1) is 21.6. The van der Waals surface area contributed by atoms with Gasteiger partial charge in [0.1, 0.15) is 0 Å². The summed E-state index contributed by atoms with van der Waals surface area (Å²) >= 11 is 12.2. The van der Waals surface area contributed by atoms with Crippen molar-refractivity contribution >= 4 is 33.2 Å². The van der Waals surface area contributed by atoms with Gasteiger partial charge in [0.05, 0.1) is 4.90 Å². The summed E-state index contributed by atoms with van der Waals surface area (Å²) < 4.78 is 27.5. The van der Waals surface area contributed by atoms with E-state index in [4.69, 9.17) is 23.2 Å². The average molecular weight is 441 g/mol. The minimum absolute atomic E-state index is 0.377. The van der Waals surface area contributed by atoms with Crippen molar-refractivity contribution in [2.24, 2.45) is 0 Å². The van der Waals surface area contributed by atoms with Crippen molar-refractivity contribution in [3.8, 4) is 0 Å². The minimum Gasteiger partial charge on any atom is -0.296 e. The van der Waals surface area contributed by atoms with Gasteiger partial charge in [0.15, 0.2) is 0 Å². The van der Waals surface area contributed by atoms with E-state index >= 15 is 0 Å². The van der Waals surface area contributed by atoms with Gasteiger partial charge in [-0.1, -0.05) is 54.7 Å². The lowest BCUT2D eigenvalue weighted by molar-refractivity contribution is 0.181. The monoisotopic (exact) mass is 440 g/mol. The van der Waals surface area contributed by atoms with Gasteiger partial charge in [0.25, 0.3) is 0 Å². The highest BCUT2D eigenvalue weighted by Crippen LogP contribution is 2.24. The zero-order valence-electron chi connectivity index (χ0n) is 16.1. The topological polar surface area (TPSA) is 40.6 Å². The van der Waals surface area contributed by atoms with E-state index in [-0.39, 0.29) is 0 Å². The fraction of sp³-hybridized carbons (Fsp3) is 0.429. The number of hydrogen-bond donors (Lipinski definition) is 0. The third-order valence-corrected chi connectivity index (χ3v) is 7.62. The number of nitrogens with zero attached hydrogens (tertiary/aromatic N) is 2. The van der Waals surface area contributed by atoms with Crippen molar-refractivity contribution in [3.05, 3.63) is 63.6 Å². The first-order valence-corrected chi connectivity index (χ1v) is 11.8. The summed E-state index contributed by atoms with van der Waals surface area (Å²) in [7, 11) is -3.45. The maximum absolute atomic E-state index is 12.9. The summed E-state index contributed by atoms with van der Waals surface area (Å²) in [6.45, 7) is 5.14. The maximum atomic E-state index is 12.9. The lowest BCUT2D eigenvalue weighted by Gasteiger charge is -2.34. The predicted molar refractivity (Wildman–Crippen MR) is 116 cm³/mol. The second kappa shape index (κ2) is 9.59. The molecule has 0 atom stereocenters. The van der Waals surface area contributed by atoms with Gasteiger partial charge in [-0.25, -0.2) is 8.42 Å². The van der Waals surface area contributed by atoms with Crippen LogP contribution in [0.5, 0.6) is 0 Å². The van der Waals surface area contributed by atoms with E-state index in [2.05, 4.69) is 11.8 Å². The van der Waals surface area contributed by atoms with Crippen LogP contribution < -0.4 is 0 Å². The molecule has 0 aliphatic carbocycles. The molecule has 7 heteroatoms. The minimum atomic E-state index is -3.45. The summed E-state index contributed by atoms with van der Waals surface area (Å²) in [6.07, 6.45) is 3.24. The number of aryl methyl sites for hydroxylation is 1. The molecule has 0 N–H and O–H groups in total. The third-order valence-electron chi connectivity index (χ3n) is 5.12. The summed E-state index contributed by atoms with van der Waals surface area (Å²) in [5.74, 6) is 0. The van der Waals surface area contributed by atoms with E-state index in [9.17, 15) is 8.42 Å². The Bertz CT molecular complexity index is 893. The highest BCUT2D eigenvalue weighted by Gasteiger charge is 2.28. The quantitative estimate of drug-likeness (QED) is 0.617. The molecule has 4 nitrogen and oxygen atoms in total. The molecule has 0 amide bonds. The normalized spacial score (nSPS) is 16.4. The average Bonchev–Trinajstić information content (AvgIpc) is 2.69. The van der Waals surface area contributed by atoms with Gasteiger partial charge in [-0.2, -0.15) is 4.31 Å². The Hall–Kier alpha value is -1.11. The molecular weight excluding hydrogens is 415 g/mol. The maximum Gasteiger partial charge on any atom is 0.243 e. The number of hydrogen-bond acceptors (Lipinski definition) is 3. The molecule has 0 radical (unpaired) electrons.